The number of phenolic OH excluding ortho intramolecular Hbond substituents is 1. The molecular weight excluding hydrogens is 168 g/mol. The molecule has 1 aromatic carbocycles. The summed E-state index contributed by atoms with van der Waals surface area (Å²) in [5.74, 6) is 0.379. The number of allylic oxidation sites excluding steroid dienone is 1. The molecular formula is C10H10O3. The molecule has 0 amide bonds. The fourth-order valence-corrected chi connectivity index (χ4v) is 1.01. The zero-order chi connectivity index (χ0) is 9.84. The average molecular weight is 178 g/mol. The van der Waals surface area contributed by atoms with E-state index >= 15 is 0 Å². The molecule has 0 bridgehead atoms. The number of carbonyl (C=O) groups is 1. The van der Waals surface area contributed by atoms with Gasteiger partial charge in [0.2, 0.25) is 0 Å². The smallest absolute Gasteiger partial charge is 0.298 e. The molecule has 1 aromatic rings. The van der Waals surface area contributed by atoms with Crippen LogP contribution in [0.3, 0.4) is 0 Å². The van der Waals surface area contributed by atoms with Gasteiger partial charge >= 0.3 is 0 Å². The van der Waals surface area contributed by atoms with Crippen molar-refractivity contribution in [3.8, 4) is 11.5 Å². The average Bonchev–Trinajstić information content (AvgIpc) is 2.04. The SMILES string of the molecule is C=C(C)c1ccc(O)cc1OC=O. The Hall–Kier alpha value is -1.77. The Morgan fingerprint density at radius 1 is 1.62 bits per heavy atom. The van der Waals surface area contributed by atoms with Crippen LogP contribution >= 0.6 is 0 Å². The summed E-state index contributed by atoms with van der Waals surface area (Å²) in [7, 11) is 0. The molecule has 1 N–H and O–H groups in total. The van der Waals surface area contributed by atoms with Gasteiger partial charge in [0.25, 0.3) is 6.47 Å². The van der Waals surface area contributed by atoms with E-state index in [-0.39, 0.29) is 5.75 Å². The van der Waals surface area contributed by atoms with Crippen LogP contribution in [0.4, 0.5) is 0 Å². The summed E-state index contributed by atoms with van der Waals surface area (Å²) < 4.78 is 4.68. The molecule has 1 rings (SSSR count). The van der Waals surface area contributed by atoms with Crippen molar-refractivity contribution in [2.24, 2.45) is 0 Å². The van der Waals surface area contributed by atoms with Crippen LogP contribution in [-0.2, 0) is 4.79 Å². The van der Waals surface area contributed by atoms with Gasteiger partial charge in [0, 0.05) is 11.6 Å². The second kappa shape index (κ2) is 3.76. The van der Waals surface area contributed by atoms with E-state index in [0.29, 0.717) is 17.8 Å². The third kappa shape index (κ3) is 2.08. The van der Waals surface area contributed by atoms with E-state index in [1.54, 1.807) is 13.0 Å². The zero-order valence-electron chi connectivity index (χ0n) is 7.28. The highest BCUT2D eigenvalue weighted by Gasteiger charge is 2.04. The normalized spacial score (nSPS) is 9.31. The van der Waals surface area contributed by atoms with Gasteiger partial charge in [0.05, 0.1) is 0 Å². The van der Waals surface area contributed by atoms with Crippen LogP contribution in [-0.4, -0.2) is 11.6 Å². The molecule has 3 nitrogen and oxygen atoms in total. The lowest BCUT2D eigenvalue weighted by molar-refractivity contribution is -0.120. The van der Waals surface area contributed by atoms with Crippen molar-refractivity contribution in [3.05, 3.63) is 30.3 Å². The second-order valence-corrected chi connectivity index (χ2v) is 2.67. The van der Waals surface area contributed by atoms with Gasteiger partial charge in [-0.3, -0.25) is 4.79 Å². The Bertz CT molecular complexity index is 342. The van der Waals surface area contributed by atoms with Crippen LogP contribution in [0, 0.1) is 0 Å². The molecule has 0 radical (unpaired) electrons. The van der Waals surface area contributed by atoms with Crippen molar-refractivity contribution in [2.45, 2.75) is 6.92 Å². The molecule has 0 saturated heterocycles. The van der Waals surface area contributed by atoms with Gasteiger partial charge in [-0.05, 0) is 24.6 Å². The zero-order valence-corrected chi connectivity index (χ0v) is 7.28. The molecule has 3 heteroatoms. The molecule has 0 aliphatic rings. The van der Waals surface area contributed by atoms with Crippen LogP contribution in [0.5, 0.6) is 11.5 Å². The van der Waals surface area contributed by atoms with Crippen molar-refractivity contribution < 1.29 is 14.6 Å². The minimum atomic E-state index is 0.0573. The predicted molar refractivity (Wildman–Crippen MR) is 49.5 cm³/mol. The molecule has 0 heterocycles. The quantitative estimate of drug-likeness (QED) is 0.719. The highest BCUT2D eigenvalue weighted by molar-refractivity contribution is 5.69. The number of phenols is 1. The highest BCUT2D eigenvalue weighted by Crippen LogP contribution is 2.28. The number of aromatic hydroxyl groups is 1. The maximum absolute atomic E-state index is 10.1. The lowest BCUT2D eigenvalue weighted by atomic mass is 10.1. The van der Waals surface area contributed by atoms with Crippen LogP contribution in [0.1, 0.15) is 12.5 Å². The Morgan fingerprint density at radius 2 is 2.31 bits per heavy atom. The van der Waals surface area contributed by atoms with Crippen LogP contribution in [0.15, 0.2) is 24.8 Å². The Morgan fingerprint density at radius 3 is 2.85 bits per heavy atom. The molecule has 0 aliphatic carbocycles. The van der Waals surface area contributed by atoms with E-state index in [1.165, 1.54) is 12.1 Å². The summed E-state index contributed by atoms with van der Waals surface area (Å²) in [4.78, 5) is 10.1. The van der Waals surface area contributed by atoms with Crippen LogP contribution in [0.2, 0.25) is 0 Å². The lowest BCUT2D eigenvalue weighted by Crippen LogP contribution is -1.92. The summed E-state index contributed by atoms with van der Waals surface area (Å²) in [5, 5.41) is 9.12. The topological polar surface area (TPSA) is 46.5 Å². The molecule has 0 aromatic heterocycles. The van der Waals surface area contributed by atoms with Gasteiger partial charge in [-0.1, -0.05) is 6.58 Å². The first-order valence-corrected chi connectivity index (χ1v) is 3.74. The first kappa shape index (κ1) is 9.32. The molecule has 0 fully saturated rings. The number of hydrogen-bond donors (Lipinski definition) is 1. The Balaban J connectivity index is 3.17. The Labute approximate surface area is 76.3 Å². The summed E-state index contributed by atoms with van der Waals surface area (Å²) in [6.07, 6.45) is 0. The number of benzene rings is 1. The summed E-state index contributed by atoms with van der Waals surface area (Å²) >= 11 is 0. The lowest BCUT2D eigenvalue weighted by Gasteiger charge is -2.06. The summed E-state index contributed by atoms with van der Waals surface area (Å²) in [6.45, 7) is 5.84. The third-order valence-corrected chi connectivity index (χ3v) is 1.60. The van der Waals surface area contributed by atoms with E-state index in [4.69, 9.17) is 5.11 Å². The molecule has 0 atom stereocenters. The third-order valence-electron chi connectivity index (χ3n) is 1.60. The standard InChI is InChI=1S/C10H10O3/c1-7(2)9-4-3-8(12)5-10(9)13-6-11/h3-6,12H,1H2,2H3. The van der Waals surface area contributed by atoms with Crippen LogP contribution in [0.25, 0.3) is 5.57 Å². The molecule has 0 spiro atoms. The summed E-state index contributed by atoms with van der Waals surface area (Å²) in [5.41, 5.74) is 1.49. The fourth-order valence-electron chi connectivity index (χ4n) is 1.01. The van der Waals surface area contributed by atoms with E-state index in [0.717, 1.165) is 5.57 Å². The summed E-state index contributed by atoms with van der Waals surface area (Å²) in [6, 6.07) is 4.54. The molecule has 0 unspecified atom stereocenters. The Kier molecular flexibility index (Phi) is 2.69. The van der Waals surface area contributed by atoms with Crippen molar-refractivity contribution in [1.29, 1.82) is 0 Å². The van der Waals surface area contributed by atoms with Gasteiger partial charge in [-0.15, -0.1) is 0 Å². The van der Waals surface area contributed by atoms with E-state index in [2.05, 4.69) is 11.3 Å². The van der Waals surface area contributed by atoms with Gasteiger partial charge in [-0.25, -0.2) is 0 Å². The monoisotopic (exact) mass is 178 g/mol. The number of rotatable bonds is 3. The maximum Gasteiger partial charge on any atom is 0.298 e. The van der Waals surface area contributed by atoms with E-state index in [1.807, 2.05) is 0 Å². The number of ether oxygens (including phenoxy) is 1. The largest absolute Gasteiger partial charge is 0.508 e. The van der Waals surface area contributed by atoms with Gasteiger partial charge in [0.1, 0.15) is 11.5 Å². The van der Waals surface area contributed by atoms with Crippen molar-refractivity contribution in [1.82, 2.24) is 0 Å². The minimum absolute atomic E-state index is 0.0573. The van der Waals surface area contributed by atoms with Crippen molar-refractivity contribution in [2.75, 3.05) is 0 Å². The minimum Gasteiger partial charge on any atom is -0.508 e. The van der Waals surface area contributed by atoms with E-state index < -0.39 is 0 Å². The predicted octanol–water partition coefficient (Wildman–Crippen LogP) is 1.96. The number of carbonyl (C=O) groups excluding carboxylic acids is 1. The molecule has 13 heavy (non-hydrogen) atoms. The van der Waals surface area contributed by atoms with Gasteiger partial charge in [0.15, 0.2) is 0 Å². The van der Waals surface area contributed by atoms with Crippen molar-refractivity contribution in [3.63, 3.8) is 0 Å². The van der Waals surface area contributed by atoms with E-state index in [9.17, 15) is 4.79 Å². The van der Waals surface area contributed by atoms with Gasteiger partial charge in [-0.2, -0.15) is 0 Å². The first-order valence-electron chi connectivity index (χ1n) is 3.74. The fraction of sp³-hybridized carbons (Fsp3) is 0.100. The first-order chi connectivity index (χ1) is 6.15. The molecule has 68 valence electrons. The molecule has 0 saturated carbocycles. The van der Waals surface area contributed by atoms with Gasteiger partial charge < -0.3 is 9.84 Å². The van der Waals surface area contributed by atoms with Crippen molar-refractivity contribution >= 4 is 12.0 Å². The van der Waals surface area contributed by atoms with Crippen LogP contribution < -0.4 is 4.74 Å². The highest BCUT2D eigenvalue weighted by atomic mass is 16.5. The maximum atomic E-state index is 10.1. The second-order valence-electron chi connectivity index (χ2n) is 2.67. The molecule has 0 aliphatic heterocycles. The number of hydrogen-bond acceptors (Lipinski definition) is 3.